The zero-order chi connectivity index (χ0) is 10.8. The van der Waals surface area contributed by atoms with Crippen molar-refractivity contribution in [3.63, 3.8) is 0 Å². The maximum atomic E-state index is 5.95. The van der Waals surface area contributed by atoms with Gasteiger partial charge in [-0.1, -0.05) is 11.6 Å². The second kappa shape index (κ2) is 4.83. The zero-order valence-electron chi connectivity index (χ0n) is 8.95. The van der Waals surface area contributed by atoms with Gasteiger partial charge >= 0.3 is 0 Å². The summed E-state index contributed by atoms with van der Waals surface area (Å²) in [6.07, 6.45) is 2.23. The average molecular weight is 245 g/mol. The number of thiophene rings is 1. The van der Waals surface area contributed by atoms with Gasteiger partial charge in [-0.25, -0.2) is 0 Å². The quantitative estimate of drug-likeness (QED) is 0.867. The van der Waals surface area contributed by atoms with Crippen molar-refractivity contribution in [3.05, 3.63) is 21.3 Å². The zero-order valence-corrected chi connectivity index (χ0v) is 10.5. The molecule has 0 saturated carbocycles. The molecular weight excluding hydrogens is 228 g/mol. The van der Waals surface area contributed by atoms with Crippen molar-refractivity contribution < 1.29 is 0 Å². The van der Waals surface area contributed by atoms with Crippen LogP contribution in [0.4, 0.5) is 0 Å². The summed E-state index contributed by atoms with van der Waals surface area (Å²) >= 11 is 7.63. The number of rotatable bonds is 2. The van der Waals surface area contributed by atoms with Crippen LogP contribution in [-0.2, 0) is 0 Å². The van der Waals surface area contributed by atoms with E-state index in [2.05, 4.69) is 17.9 Å². The summed E-state index contributed by atoms with van der Waals surface area (Å²) in [5.41, 5.74) is 5.89. The summed E-state index contributed by atoms with van der Waals surface area (Å²) < 4.78 is 0.880. The van der Waals surface area contributed by atoms with Crippen molar-refractivity contribution in [2.24, 2.45) is 5.73 Å². The van der Waals surface area contributed by atoms with E-state index in [1.165, 1.54) is 4.88 Å². The summed E-state index contributed by atoms with van der Waals surface area (Å²) in [6, 6.07) is 5.00. The van der Waals surface area contributed by atoms with Crippen molar-refractivity contribution in [2.75, 3.05) is 13.1 Å². The van der Waals surface area contributed by atoms with Gasteiger partial charge in [0.15, 0.2) is 0 Å². The van der Waals surface area contributed by atoms with Crippen LogP contribution < -0.4 is 5.73 Å². The van der Waals surface area contributed by atoms with Crippen molar-refractivity contribution >= 4 is 22.9 Å². The van der Waals surface area contributed by atoms with Crippen LogP contribution in [-0.4, -0.2) is 24.0 Å². The molecule has 1 atom stereocenters. The van der Waals surface area contributed by atoms with Crippen molar-refractivity contribution in [3.8, 4) is 0 Å². The van der Waals surface area contributed by atoms with E-state index in [1.807, 2.05) is 6.07 Å². The number of hydrogen-bond donors (Lipinski definition) is 1. The molecule has 4 heteroatoms. The molecule has 1 unspecified atom stereocenters. The van der Waals surface area contributed by atoms with E-state index >= 15 is 0 Å². The normalized spacial score (nSPS) is 21.8. The lowest BCUT2D eigenvalue weighted by Crippen LogP contribution is -2.40. The maximum Gasteiger partial charge on any atom is 0.0931 e. The molecule has 2 rings (SSSR count). The first-order valence-corrected chi connectivity index (χ1v) is 6.61. The highest BCUT2D eigenvalue weighted by Crippen LogP contribution is 2.31. The average Bonchev–Trinajstić information content (AvgIpc) is 2.65. The molecular formula is C11H17ClN2S. The molecule has 0 radical (unpaired) electrons. The fourth-order valence-electron chi connectivity index (χ4n) is 2.04. The molecule has 1 saturated heterocycles. The van der Waals surface area contributed by atoms with Gasteiger partial charge in [-0.05, 0) is 31.9 Å². The molecule has 1 aromatic heterocycles. The molecule has 1 aliphatic heterocycles. The highest BCUT2D eigenvalue weighted by Gasteiger charge is 2.22. The molecule has 84 valence electrons. The molecule has 0 amide bonds. The van der Waals surface area contributed by atoms with Gasteiger partial charge in [-0.15, -0.1) is 11.3 Å². The Balaban J connectivity index is 1.99. The topological polar surface area (TPSA) is 29.3 Å². The van der Waals surface area contributed by atoms with Crippen molar-refractivity contribution in [1.29, 1.82) is 0 Å². The molecule has 2 nitrogen and oxygen atoms in total. The summed E-state index contributed by atoms with van der Waals surface area (Å²) in [5, 5.41) is 0. The maximum absolute atomic E-state index is 5.95. The van der Waals surface area contributed by atoms with Gasteiger partial charge in [0, 0.05) is 30.1 Å². The Labute approximate surface area is 100 Å². The Morgan fingerprint density at radius 2 is 2.13 bits per heavy atom. The minimum atomic E-state index is 0.403. The van der Waals surface area contributed by atoms with Crippen LogP contribution >= 0.6 is 22.9 Å². The molecule has 0 aliphatic carbocycles. The first kappa shape index (κ1) is 11.4. The Morgan fingerprint density at radius 3 is 2.67 bits per heavy atom. The first-order valence-electron chi connectivity index (χ1n) is 5.41. The fraction of sp³-hybridized carbons (Fsp3) is 0.636. The molecule has 0 aromatic carbocycles. The van der Waals surface area contributed by atoms with Crippen LogP contribution in [0.15, 0.2) is 12.1 Å². The lowest BCUT2D eigenvalue weighted by molar-refractivity contribution is 0.165. The third kappa shape index (κ3) is 2.72. The predicted octanol–water partition coefficient (Wildman–Crippen LogP) is 2.89. The highest BCUT2D eigenvalue weighted by atomic mass is 35.5. The summed E-state index contributed by atoms with van der Waals surface area (Å²) in [5.74, 6) is 0. The van der Waals surface area contributed by atoms with Crippen LogP contribution in [0.2, 0.25) is 4.34 Å². The van der Waals surface area contributed by atoms with E-state index in [-0.39, 0.29) is 0 Å². The molecule has 0 bridgehead atoms. The van der Waals surface area contributed by atoms with Crippen LogP contribution in [0.25, 0.3) is 0 Å². The molecule has 1 fully saturated rings. The Bertz CT molecular complexity index is 318. The van der Waals surface area contributed by atoms with Gasteiger partial charge in [0.25, 0.3) is 0 Å². The van der Waals surface area contributed by atoms with Gasteiger partial charge in [0.2, 0.25) is 0 Å². The molecule has 2 N–H and O–H groups in total. The Kier molecular flexibility index (Phi) is 3.67. The number of halogens is 1. The van der Waals surface area contributed by atoms with Gasteiger partial charge in [-0.3, -0.25) is 4.90 Å². The fourth-order valence-corrected chi connectivity index (χ4v) is 3.19. The lowest BCUT2D eigenvalue weighted by Gasteiger charge is -2.34. The molecule has 1 aromatic rings. The monoisotopic (exact) mass is 244 g/mol. The van der Waals surface area contributed by atoms with E-state index in [0.717, 1.165) is 30.3 Å². The van der Waals surface area contributed by atoms with E-state index in [1.54, 1.807) is 11.3 Å². The smallest absolute Gasteiger partial charge is 0.0931 e. The van der Waals surface area contributed by atoms with E-state index in [4.69, 9.17) is 17.3 Å². The SMILES string of the molecule is CC(c1ccc(Cl)s1)N1CCC(N)CC1. The second-order valence-electron chi connectivity index (χ2n) is 4.19. The largest absolute Gasteiger partial charge is 0.328 e. The standard InChI is InChI=1S/C11H17ClN2S/c1-8(10-2-3-11(12)15-10)14-6-4-9(13)5-7-14/h2-3,8-9H,4-7,13H2,1H3. The third-order valence-corrected chi connectivity index (χ3v) is 4.53. The highest BCUT2D eigenvalue weighted by molar-refractivity contribution is 7.16. The van der Waals surface area contributed by atoms with Crippen molar-refractivity contribution in [2.45, 2.75) is 31.8 Å². The van der Waals surface area contributed by atoms with Crippen LogP contribution in [0.1, 0.15) is 30.7 Å². The molecule has 0 spiro atoms. The minimum absolute atomic E-state index is 0.403. The summed E-state index contributed by atoms with van der Waals surface area (Å²) in [7, 11) is 0. The molecule has 15 heavy (non-hydrogen) atoms. The number of nitrogens with two attached hydrogens (primary N) is 1. The predicted molar refractivity (Wildman–Crippen MR) is 66.5 cm³/mol. The third-order valence-electron chi connectivity index (χ3n) is 3.13. The van der Waals surface area contributed by atoms with E-state index in [9.17, 15) is 0 Å². The number of piperidine rings is 1. The summed E-state index contributed by atoms with van der Waals surface area (Å²) in [4.78, 5) is 3.85. The first-order chi connectivity index (χ1) is 7.16. The van der Waals surface area contributed by atoms with Gasteiger partial charge in [0.1, 0.15) is 0 Å². The van der Waals surface area contributed by atoms with E-state index in [0.29, 0.717) is 12.1 Å². The molecule has 2 heterocycles. The summed E-state index contributed by atoms with van der Waals surface area (Å²) in [6.45, 7) is 4.47. The lowest BCUT2D eigenvalue weighted by atomic mass is 10.0. The molecule has 1 aliphatic rings. The van der Waals surface area contributed by atoms with Crippen molar-refractivity contribution in [1.82, 2.24) is 4.90 Å². The number of likely N-dealkylation sites (tertiary alicyclic amines) is 1. The van der Waals surface area contributed by atoms with Crippen LogP contribution in [0.5, 0.6) is 0 Å². The minimum Gasteiger partial charge on any atom is -0.328 e. The van der Waals surface area contributed by atoms with Gasteiger partial charge < -0.3 is 5.73 Å². The van der Waals surface area contributed by atoms with Gasteiger partial charge in [0.05, 0.1) is 4.34 Å². The van der Waals surface area contributed by atoms with Crippen LogP contribution in [0.3, 0.4) is 0 Å². The van der Waals surface area contributed by atoms with Gasteiger partial charge in [-0.2, -0.15) is 0 Å². The Hall–Kier alpha value is -0.0900. The Morgan fingerprint density at radius 1 is 1.47 bits per heavy atom. The number of nitrogens with zero attached hydrogens (tertiary/aromatic N) is 1. The second-order valence-corrected chi connectivity index (χ2v) is 5.94. The number of hydrogen-bond acceptors (Lipinski definition) is 3. The van der Waals surface area contributed by atoms with Crippen LogP contribution in [0, 0.1) is 0 Å². The van der Waals surface area contributed by atoms with E-state index < -0.39 is 0 Å².